The molecule has 0 spiro atoms. The van der Waals surface area contributed by atoms with Crippen LogP contribution in [-0.4, -0.2) is 37.6 Å². The number of nitrogens with zero attached hydrogens (tertiary/aromatic N) is 1. The van der Waals surface area contributed by atoms with Gasteiger partial charge in [-0.3, -0.25) is 9.69 Å². The summed E-state index contributed by atoms with van der Waals surface area (Å²) < 4.78 is 5.23. The highest BCUT2D eigenvalue weighted by Gasteiger charge is 2.20. The van der Waals surface area contributed by atoms with Crippen molar-refractivity contribution in [2.24, 2.45) is 0 Å². The lowest BCUT2D eigenvalue weighted by Gasteiger charge is -2.22. The molecule has 1 amide bonds. The number of nitrogens with one attached hydrogen (secondary N) is 1. The second kappa shape index (κ2) is 7.97. The molecule has 4 nitrogen and oxygen atoms in total. The van der Waals surface area contributed by atoms with Crippen molar-refractivity contribution in [2.75, 3.05) is 26.7 Å². The number of carbonyl (C=O) groups excluding carboxylic acids is 1. The van der Waals surface area contributed by atoms with Gasteiger partial charge >= 0.3 is 0 Å². The second-order valence-corrected chi connectivity index (χ2v) is 6.17. The minimum Gasteiger partial charge on any atom is -0.497 e. The summed E-state index contributed by atoms with van der Waals surface area (Å²) in [6.07, 6.45) is 2.38. The van der Waals surface area contributed by atoms with Crippen molar-refractivity contribution in [3.63, 3.8) is 0 Å². The third kappa shape index (κ3) is 4.15. The van der Waals surface area contributed by atoms with E-state index < -0.39 is 0 Å². The lowest BCUT2D eigenvalue weighted by atomic mass is 9.98. The predicted molar refractivity (Wildman–Crippen MR) is 95.1 cm³/mol. The van der Waals surface area contributed by atoms with E-state index in [0.29, 0.717) is 6.54 Å². The summed E-state index contributed by atoms with van der Waals surface area (Å²) in [5.74, 6) is 0.885. The second-order valence-electron chi connectivity index (χ2n) is 6.17. The van der Waals surface area contributed by atoms with Crippen molar-refractivity contribution >= 4 is 5.91 Å². The highest BCUT2D eigenvalue weighted by atomic mass is 16.5. The van der Waals surface area contributed by atoms with Crippen molar-refractivity contribution in [2.45, 2.75) is 18.9 Å². The van der Waals surface area contributed by atoms with Crippen LogP contribution in [0, 0.1) is 0 Å². The Hall–Kier alpha value is -2.33. The molecule has 0 radical (unpaired) electrons. The zero-order chi connectivity index (χ0) is 16.8. The summed E-state index contributed by atoms with van der Waals surface area (Å²) >= 11 is 0. The van der Waals surface area contributed by atoms with Gasteiger partial charge in [-0.2, -0.15) is 0 Å². The Morgan fingerprint density at radius 1 is 1.04 bits per heavy atom. The number of benzene rings is 2. The van der Waals surface area contributed by atoms with E-state index in [1.54, 1.807) is 7.11 Å². The van der Waals surface area contributed by atoms with E-state index in [4.69, 9.17) is 4.74 Å². The smallest absolute Gasteiger partial charge is 0.234 e. The van der Waals surface area contributed by atoms with Crippen molar-refractivity contribution < 1.29 is 9.53 Å². The molecule has 4 heteroatoms. The Kier molecular flexibility index (Phi) is 5.49. The first kappa shape index (κ1) is 16.5. The monoisotopic (exact) mass is 324 g/mol. The SMILES string of the molecule is COc1ccc([C@@H](NC(=O)CN2CCCC2)c2ccccc2)cc1. The zero-order valence-corrected chi connectivity index (χ0v) is 14.1. The van der Waals surface area contributed by atoms with E-state index >= 15 is 0 Å². The number of hydrogen-bond acceptors (Lipinski definition) is 3. The molecule has 1 heterocycles. The van der Waals surface area contributed by atoms with Crippen molar-refractivity contribution in [3.05, 3.63) is 65.7 Å². The van der Waals surface area contributed by atoms with Gasteiger partial charge < -0.3 is 10.1 Å². The molecule has 3 rings (SSSR count). The van der Waals surface area contributed by atoms with Gasteiger partial charge in [0.2, 0.25) is 5.91 Å². The molecular weight excluding hydrogens is 300 g/mol. The van der Waals surface area contributed by atoms with Crippen molar-refractivity contribution in [3.8, 4) is 5.75 Å². The van der Waals surface area contributed by atoms with Crippen LogP contribution in [0.1, 0.15) is 30.0 Å². The van der Waals surface area contributed by atoms with Gasteiger partial charge in [0.25, 0.3) is 0 Å². The molecule has 1 saturated heterocycles. The third-order valence-corrected chi connectivity index (χ3v) is 4.45. The van der Waals surface area contributed by atoms with E-state index in [2.05, 4.69) is 10.2 Å². The van der Waals surface area contributed by atoms with E-state index in [1.165, 1.54) is 12.8 Å². The van der Waals surface area contributed by atoms with Crippen LogP contribution in [-0.2, 0) is 4.79 Å². The van der Waals surface area contributed by atoms with E-state index in [-0.39, 0.29) is 11.9 Å². The molecule has 1 atom stereocenters. The van der Waals surface area contributed by atoms with Crippen LogP contribution in [0.15, 0.2) is 54.6 Å². The van der Waals surface area contributed by atoms with Crippen molar-refractivity contribution in [1.29, 1.82) is 0 Å². The van der Waals surface area contributed by atoms with Crippen LogP contribution >= 0.6 is 0 Å². The number of carbonyl (C=O) groups is 1. The number of amides is 1. The Bertz CT molecular complexity index is 649. The molecule has 1 fully saturated rings. The maximum absolute atomic E-state index is 12.5. The quantitative estimate of drug-likeness (QED) is 0.888. The molecule has 0 unspecified atom stereocenters. The zero-order valence-electron chi connectivity index (χ0n) is 14.1. The van der Waals surface area contributed by atoms with Crippen LogP contribution in [0.25, 0.3) is 0 Å². The van der Waals surface area contributed by atoms with Crippen LogP contribution < -0.4 is 10.1 Å². The van der Waals surface area contributed by atoms with Gasteiger partial charge in [0.15, 0.2) is 0 Å². The summed E-state index contributed by atoms with van der Waals surface area (Å²) in [5.41, 5.74) is 2.13. The molecular formula is C20H24N2O2. The van der Waals surface area contributed by atoms with Gasteiger partial charge in [-0.05, 0) is 49.2 Å². The molecule has 1 aliphatic heterocycles. The maximum Gasteiger partial charge on any atom is 0.234 e. The van der Waals surface area contributed by atoms with E-state index in [1.807, 2.05) is 54.6 Å². The van der Waals surface area contributed by atoms with Gasteiger partial charge in [0.1, 0.15) is 5.75 Å². The number of ether oxygens (including phenoxy) is 1. The van der Waals surface area contributed by atoms with Gasteiger partial charge in [-0.1, -0.05) is 42.5 Å². The lowest BCUT2D eigenvalue weighted by molar-refractivity contribution is -0.122. The number of rotatable bonds is 6. The molecule has 0 aliphatic carbocycles. The van der Waals surface area contributed by atoms with E-state index in [9.17, 15) is 4.79 Å². The molecule has 24 heavy (non-hydrogen) atoms. The molecule has 2 aromatic rings. The van der Waals surface area contributed by atoms with Gasteiger partial charge in [-0.15, -0.1) is 0 Å². The fourth-order valence-corrected chi connectivity index (χ4v) is 3.15. The van der Waals surface area contributed by atoms with E-state index in [0.717, 1.165) is 30.0 Å². The van der Waals surface area contributed by atoms with Crippen LogP contribution in [0.4, 0.5) is 0 Å². The fraction of sp³-hybridized carbons (Fsp3) is 0.350. The standard InChI is InChI=1S/C20H24N2O2/c1-24-18-11-9-17(10-12-18)20(16-7-3-2-4-8-16)21-19(23)15-22-13-5-6-14-22/h2-4,7-12,20H,5-6,13-15H2,1H3,(H,21,23)/t20-/m0/s1. The largest absolute Gasteiger partial charge is 0.497 e. The highest BCUT2D eigenvalue weighted by Crippen LogP contribution is 2.24. The average molecular weight is 324 g/mol. The number of methoxy groups -OCH3 is 1. The first-order valence-electron chi connectivity index (χ1n) is 8.47. The summed E-state index contributed by atoms with van der Waals surface area (Å²) in [5, 5.41) is 3.19. The molecule has 2 aromatic carbocycles. The Morgan fingerprint density at radius 2 is 1.67 bits per heavy atom. The Morgan fingerprint density at radius 3 is 2.29 bits per heavy atom. The van der Waals surface area contributed by atoms with Crippen LogP contribution in [0.3, 0.4) is 0 Å². The highest BCUT2D eigenvalue weighted by molar-refractivity contribution is 5.79. The number of hydrogen-bond donors (Lipinski definition) is 1. The Labute approximate surface area is 143 Å². The summed E-state index contributed by atoms with van der Waals surface area (Å²) in [6, 6.07) is 17.8. The molecule has 1 N–H and O–H groups in total. The molecule has 126 valence electrons. The molecule has 0 aromatic heterocycles. The van der Waals surface area contributed by atoms with Gasteiger partial charge in [-0.25, -0.2) is 0 Å². The van der Waals surface area contributed by atoms with Gasteiger partial charge in [0, 0.05) is 0 Å². The van der Waals surface area contributed by atoms with Crippen LogP contribution in [0.2, 0.25) is 0 Å². The fourth-order valence-electron chi connectivity index (χ4n) is 3.15. The van der Waals surface area contributed by atoms with Crippen molar-refractivity contribution in [1.82, 2.24) is 10.2 Å². The summed E-state index contributed by atoms with van der Waals surface area (Å²) in [4.78, 5) is 14.7. The normalized spacial score (nSPS) is 15.9. The lowest BCUT2D eigenvalue weighted by Crippen LogP contribution is -2.38. The predicted octanol–water partition coefficient (Wildman–Crippen LogP) is 3.00. The molecule has 1 aliphatic rings. The molecule has 0 saturated carbocycles. The first-order chi connectivity index (χ1) is 11.8. The number of likely N-dealkylation sites (tertiary alicyclic amines) is 1. The minimum absolute atomic E-state index is 0.0709. The third-order valence-electron chi connectivity index (χ3n) is 4.45. The minimum atomic E-state index is -0.146. The average Bonchev–Trinajstić information content (AvgIpc) is 3.13. The summed E-state index contributed by atoms with van der Waals surface area (Å²) in [6.45, 7) is 2.51. The van der Waals surface area contributed by atoms with Gasteiger partial charge in [0.05, 0.1) is 19.7 Å². The summed E-state index contributed by atoms with van der Waals surface area (Å²) in [7, 11) is 1.65. The first-order valence-corrected chi connectivity index (χ1v) is 8.47. The topological polar surface area (TPSA) is 41.6 Å². The Balaban J connectivity index is 1.77. The van der Waals surface area contributed by atoms with Crippen LogP contribution in [0.5, 0.6) is 5.75 Å². The maximum atomic E-state index is 12.5. The molecule has 0 bridgehead atoms.